The van der Waals surface area contributed by atoms with E-state index < -0.39 is 0 Å². The van der Waals surface area contributed by atoms with Gasteiger partial charge in [-0.3, -0.25) is 0 Å². The van der Waals surface area contributed by atoms with E-state index in [2.05, 4.69) is 46.3 Å². The maximum Gasteiger partial charge on any atom is 0.123 e. The monoisotopic (exact) mass is 389 g/mol. The van der Waals surface area contributed by atoms with Crippen molar-refractivity contribution in [3.8, 4) is 0 Å². The van der Waals surface area contributed by atoms with Crippen LogP contribution in [0.25, 0.3) is 0 Å². The van der Waals surface area contributed by atoms with Crippen LogP contribution in [0.4, 0.5) is 4.39 Å². The zero-order chi connectivity index (χ0) is 13.8. The highest BCUT2D eigenvalue weighted by Gasteiger charge is 2.14. The van der Waals surface area contributed by atoms with E-state index in [4.69, 9.17) is 0 Å². The van der Waals surface area contributed by atoms with Gasteiger partial charge in [-0.25, -0.2) is 4.39 Å². The molecule has 2 aromatic rings. The molecule has 0 aliphatic heterocycles. The van der Waals surface area contributed by atoms with Crippen molar-refractivity contribution < 1.29 is 4.39 Å². The van der Waals surface area contributed by atoms with E-state index in [0.717, 1.165) is 18.5 Å². The van der Waals surface area contributed by atoms with Crippen LogP contribution >= 0.6 is 33.9 Å². The molecular weight excluding hydrogens is 372 g/mol. The Hall–Kier alpha value is -0.460. The summed E-state index contributed by atoms with van der Waals surface area (Å²) in [7, 11) is 0. The first-order chi connectivity index (χ1) is 9.10. The van der Waals surface area contributed by atoms with Crippen LogP contribution in [0.5, 0.6) is 0 Å². The first kappa shape index (κ1) is 14.9. The Morgan fingerprint density at radius 3 is 2.74 bits per heavy atom. The lowest BCUT2D eigenvalue weighted by molar-refractivity contribution is 0.548. The largest absolute Gasteiger partial charge is 0.310 e. The van der Waals surface area contributed by atoms with Crippen LogP contribution < -0.4 is 5.32 Å². The second kappa shape index (κ2) is 6.81. The minimum atomic E-state index is -0.161. The molecule has 0 bridgehead atoms. The Labute approximate surface area is 131 Å². The SMILES string of the molecule is CCNC(Cc1ccc(F)cc1C)c1csc(I)c1. The van der Waals surface area contributed by atoms with Crippen LogP contribution in [-0.4, -0.2) is 6.54 Å². The number of rotatable bonds is 5. The fourth-order valence-corrected chi connectivity index (χ4v) is 3.59. The van der Waals surface area contributed by atoms with Crippen molar-refractivity contribution >= 4 is 33.9 Å². The van der Waals surface area contributed by atoms with E-state index in [-0.39, 0.29) is 5.82 Å². The third-order valence-electron chi connectivity index (χ3n) is 3.17. The van der Waals surface area contributed by atoms with Crippen molar-refractivity contribution in [3.63, 3.8) is 0 Å². The smallest absolute Gasteiger partial charge is 0.123 e. The summed E-state index contributed by atoms with van der Waals surface area (Å²) in [6.45, 7) is 5.01. The summed E-state index contributed by atoms with van der Waals surface area (Å²) in [6.07, 6.45) is 0.896. The zero-order valence-corrected chi connectivity index (χ0v) is 14.0. The van der Waals surface area contributed by atoms with E-state index in [1.807, 2.05) is 13.0 Å². The van der Waals surface area contributed by atoms with Gasteiger partial charge in [0, 0.05) is 6.04 Å². The lowest BCUT2D eigenvalue weighted by Gasteiger charge is -2.18. The molecule has 1 aromatic heterocycles. The highest BCUT2D eigenvalue weighted by Crippen LogP contribution is 2.26. The number of nitrogens with one attached hydrogen (secondary N) is 1. The summed E-state index contributed by atoms with van der Waals surface area (Å²) in [5, 5.41) is 5.71. The molecule has 0 radical (unpaired) electrons. The van der Waals surface area contributed by atoms with E-state index in [9.17, 15) is 4.39 Å². The quantitative estimate of drug-likeness (QED) is 0.732. The number of halogens is 2. The second-order valence-electron chi connectivity index (χ2n) is 4.57. The molecule has 1 atom stereocenters. The van der Waals surface area contributed by atoms with Crippen LogP contribution in [0.1, 0.15) is 29.7 Å². The van der Waals surface area contributed by atoms with Crippen LogP contribution in [-0.2, 0) is 6.42 Å². The maximum atomic E-state index is 13.1. The average molecular weight is 389 g/mol. The van der Waals surface area contributed by atoms with Gasteiger partial charge in [0.05, 0.1) is 2.88 Å². The maximum absolute atomic E-state index is 13.1. The second-order valence-corrected chi connectivity index (χ2v) is 7.37. The Kier molecular flexibility index (Phi) is 5.36. The summed E-state index contributed by atoms with van der Waals surface area (Å²) < 4.78 is 14.4. The molecule has 0 aliphatic rings. The van der Waals surface area contributed by atoms with E-state index in [1.165, 1.54) is 14.0 Å². The molecule has 1 unspecified atom stereocenters. The van der Waals surface area contributed by atoms with Gasteiger partial charge >= 0.3 is 0 Å². The van der Waals surface area contributed by atoms with Crippen molar-refractivity contribution in [2.24, 2.45) is 0 Å². The third-order valence-corrected chi connectivity index (χ3v) is 4.98. The van der Waals surface area contributed by atoms with Crippen molar-refractivity contribution in [2.45, 2.75) is 26.3 Å². The molecule has 102 valence electrons. The molecule has 0 aliphatic carbocycles. The predicted octanol–water partition coefficient (Wildman–Crippen LogP) is 4.69. The lowest BCUT2D eigenvalue weighted by Crippen LogP contribution is -2.22. The van der Waals surface area contributed by atoms with Gasteiger partial charge in [-0.15, -0.1) is 11.3 Å². The van der Waals surface area contributed by atoms with Gasteiger partial charge in [0.1, 0.15) is 5.82 Å². The van der Waals surface area contributed by atoms with E-state index >= 15 is 0 Å². The summed E-state index contributed by atoms with van der Waals surface area (Å²) in [5.74, 6) is -0.161. The molecule has 1 heterocycles. The Morgan fingerprint density at radius 1 is 1.37 bits per heavy atom. The van der Waals surface area contributed by atoms with Crippen LogP contribution in [0.15, 0.2) is 29.6 Å². The Morgan fingerprint density at radius 2 is 2.16 bits per heavy atom. The van der Waals surface area contributed by atoms with Gasteiger partial charge in [-0.2, -0.15) is 0 Å². The van der Waals surface area contributed by atoms with E-state index in [1.54, 1.807) is 23.5 Å². The molecule has 2 rings (SSSR count). The van der Waals surface area contributed by atoms with Crippen molar-refractivity contribution in [1.82, 2.24) is 5.32 Å². The Bertz CT molecular complexity index is 553. The number of thiophene rings is 1. The number of aryl methyl sites for hydroxylation is 1. The normalized spacial score (nSPS) is 12.6. The highest BCUT2D eigenvalue weighted by molar-refractivity contribution is 14.1. The van der Waals surface area contributed by atoms with Gasteiger partial charge in [-0.05, 0) is 82.7 Å². The Balaban J connectivity index is 2.21. The summed E-state index contributed by atoms with van der Waals surface area (Å²) in [6, 6.07) is 7.57. The van der Waals surface area contributed by atoms with E-state index in [0.29, 0.717) is 6.04 Å². The minimum absolute atomic E-state index is 0.161. The zero-order valence-electron chi connectivity index (χ0n) is 11.0. The third kappa shape index (κ3) is 4.00. The molecule has 1 aromatic carbocycles. The predicted molar refractivity (Wildman–Crippen MR) is 88.3 cm³/mol. The summed E-state index contributed by atoms with van der Waals surface area (Å²) >= 11 is 4.11. The van der Waals surface area contributed by atoms with Crippen molar-refractivity contribution in [2.75, 3.05) is 6.54 Å². The number of benzene rings is 1. The van der Waals surface area contributed by atoms with Gasteiger partial charge in [0.2, 0.25) is 0 Å². The van der Waals surface area contributed by atoms with Crippen LogP contribution in [0.3, 0.4) is 0 Å². The average Bonchev–Trinajstić information content (AvgIpc) is 2.78. The van der Waals surface area contributed by atoms with Crippen molar-refractivity contribution in [3.05, 3.63) is 55.0 Å². The summed E-state index contributed by atoms with van der Waals surface area (Å²) in [5.41, 5.74) is 3.54. The topological polar surface area (TPSA) is 12.0 Å². The summed E-state index contributed by atoms with van der Waals surface area (Å²) in [4.78, 5) is 0. The molecule has 0 fully saturated rings. The van der Waals surface area contributed by atoms with Crippen LogP contribution in [0, 0.1) is 15.6 Å². The molecule has 0 amide bonds. The molecule has 1 nitrogen and oxygen atoms in total. The molecule has 19 heavy (non-hydrogen) atoms. The minimum Gasteiger partial charge on any atom is -0.310 e. The fraction of sp³-hybridized carbons (Fsp3) is 0.333. The fourth-order valence-electron chi connectivity index (χ4n) is 2.17. The van der Waals surface area contributed by atoms with Gasteiger partial charge in [-0.1, -0.05) is 13.0 Å². The standard InChI is InChI=1S/C15H17FINS/c1-3-18-14(12-8-15(17)19-9-12)7-11-4-5-13(16)6-10(11)2/h4-6,8-9,14,18H,3,7H2,1-2H3. The highest BCUT2D eigenvalue weighted by atomic mass is 127. The number of likely N-dealkylation sites (N-methyl/N-ethyl adjacent to an activating group) is 1. The first-order valence-electron chi connectivity index (χ1n) is 6.32. The molecule has 0 saturated heterocycles. The van der Waals surface area contributed by atoms with Crippen LogP contribution in [0.2, 0.25) is 0 Å². The number of hydrogen-bond donors (Lipinski definition) is 1. The van der Waals surface area contributed by atoms with Gasteiger partial charge < -0.3 is 5.32 Å². The van der Waals surface area contributed by atoms with Crippen molar-refractivity contribution in [1.29, 1.82) is 0 Å². The van der Waals surface area contributed by atoms with Gasteiger partial charge in [0.15, 0.2) is 0 Å². The first-order valence-corrected chi connectivity index (χ1v) is 8.28. The molecule has 0 saturated carbocycles. The van der Waals surface area contributed by atoms with Gasteiger partial charge in [0.25, 0.3) is 0 Å². The lowest BCUT2D eigenvalue weighted by atomic mass is 9.97. The molecule has 1 N–H and O–H groups in total. The molecular formula is C15H17FINS. The molecule has 4 heteroatoms. The number of hydrogen-bond acceptors (Lipinski definition) is 2. The molecule has 0 spiro atoms.